The van der Waals surface area contributed by atoms with Crippen molar-refractivity contribution in [1.29, 1.82) is 0 Å². The van der Waals surface area contributed by atoms with Crippen molar-refractivity contribution in [3.8, 4) is 0 Å². The molecule has 1 fully saturated rings. The minimum atomic E-state index is -0.117. The van der Waals surface area contributed by atoms with Gasteiger partial charge in [0.1, 0.15) is 0 Å². The zero-order valence-corrected chi connectivity index (χ0v) is 11.6. The molecule has 0 amide bonds. The van der Waals surface area contributed by atoms with Gasteiger partial charge >= 0.3 is 0 Å². The average Bonchev–Trinajstić information content (AvgIpc) is 2.85. The predicted molar refractivity (Wildman–Crippen MR) is 69.9 cm³/mol. The lowest BCUT2D eigenvalue weighted by Gasteiger charge is -2.23. The molecule has 2 N–H and O–H groups in total. The first-order chi connectivity index (χ1) is 8.02. The number of nitrogens with zero attached hydrogens (tertiary/aromatic N) is 2. The third kappa shape index (κ3) is 2.65. The Hall–Kier alpha value is -0.550. The summed E-state index contributed by atoms with van der Waals surface area (Å²) in [5, 5.41) is 4.63. The first kappa shape index (κ1) is 12.9. The molecule has 2 unspecified atom stereocenters. The second-order valence-corrected chi connectivity index (χ2v) is 6.86. The molecule has 1 heterocycles. The Balaban J connectivity index is 2.07. The predicted octanol–water partition coefficient (Wildman–Crippen LogP) is 2.48. The van der Waals surface area contributed by atoms with E-state index in [0.29, 0.717) is 5.25 Å². The molecule has 96 valence electrons. The van der Waals surface area contributed by atoms with Gasteiger partial charge in [-0.1, -0.05) is 25.4 Å². The van der Waals surface area contributed by atoms with Crippen LogP contribution in [0.3, 0.4) is 0 Å². The van der Waals surface area contributed by atoms with Crippen LogP contribution in [0.2, 0.25) is 0 Å². The van der Waals surface area contributed by atoms with Gasteiger partial charge in [0, 0.05) is 6.04 Å². The minimum absolute atomic E-state index is 0.117. The summed E-state index contributed by atoms with van der Waals surface area (Å²) in [4.78, 5) is 4.51. The van der Waals surface area contributed by atoms with Crippen molar-refractivity contribution in [2.75, 3.05) is 0 Å². The molecular formula is C12H21N3OS. The van der Waals surface area contributed by atoms with Gasteiger partial charge in [0.05, 0.1) is 11.2 Å². The van der Waals surface area contributed by atoms with E-state index in [1.807, 2.05) is 11.8 Å². The van der Waals surface area contributed by atoms with Crippen molar-refractivity contribution < 1.29 is 4.52 Å². The molecule has 0 aliphatic heterocycles. The molecule has 1 saturated carbocycles. The van der Waals surface area contributed by atoms with Crippen LogP contribution >= 0.6 is 11.8 Å². The van der Waals surface area contributed by atoms with Crippen LogP contribution in [-0.4, -0.2) is 21.4 Å². The molecule has 4 nitrogen and oxygen atoms in total. The molecule has 0 aromatic carbocycles. The van der Waals surface area contributed by atoms with E-state index in [4.69, 9.17) is 10.3 Å². The van der Waals surface area contributed by atoms with E-state index in [1.165, 1.54) is 0 Å². The van der Waals surface area contributed by atoms with Crippen LogP contribution in [0.5, 0.6) is 0 Å². The van der Waals surface area contributed by atoms with E-state index in [9.17, 15) is 0 Å². The Kier molecular flexibility index (Phi) is 3.78. The van der Waals surface area contributed by atoms with E-state index < -0.39 is 0 Å². The second kappa shape index (κ2) is 4.98. The third-order valence-electron chi connectivity index (χ3n) is 3.53. The summed E-state index contributed by atoms with van der Waals surface area (Å²) in [6.45, 7) is 6.47. The zero-order valence-electron chi connectivity index (χ0n) is 10.8. The van der Waals surface area contributed by atoms with Crippen LogP contribution in [0, 0.1) is 0 Å². The fourth-order valence-corrected chi connectivity index (χ4v) is 2.84. The minimum Gasteiger partial charge on any atom is -0.339 e. The summed E-state index contributed by atoms with van der Waals surface area (Å²) in [5.41, 5.74) is 6.03. The molecule has 0 spiro atoms. The maximum atomic E-state index is 6.14. The van der Waals surface area contributed by atoms with Crippen molar-refractivity contribution >= 4 is 11.8 Å². The molecule has 0 bridgehead atoms. The largest absolute Gasteiger partial charge is 0.339 e. The number of hydrogen-bond acceptors (Lipinski definition) is 5. The number of hydrogen-bond donors (Lipinski definition) is 1. The molecule has 17 heavy (non-hydrogen) atoms. The molecule has 2 atom stereocenters. The van der Waals surface area contributed by atoms with Crippen molar-refractivity contribution in [1.82, 2.24) is 10.1 Å². The van der Waals surface area contributed by atoms with Crippen LogP contribution in [0.4, 0.5) is 0 Å². The summed E-state index contributed by atoms with van der Waals surface area (Å²) < 4.78 is 5.40. The molecule has 5 heteroatoms. The fraction of sp³-hybridized carbons (Fsp3) is 0.833. The van der Waals surface area contributed by atoms with Gasteiger partial charge in [0.2, 0.25) is 5.89 Å². The highest BCUT2D eigenvalue weighted by molar-refractivity contribution is 7.99. The van der Waals surface area contributed by atoms with Crippen molar-refractivity contribution in [2.24, 2.45) is 5.73 Å². The lowest BCUT2D eigenvalue weighted by molar-refractivity contribution is 0.277. The highest BCUT2D eigenvalue weighted by atomic mass is 32.2. The Morgan fingerprint density at radius 3 is 2.94 bits per heavy atom. The number of rotatable bonds is 4. The molecule has 1 aliphatic carbocycles. The Labute approximate surface area is 107 Å². The molecule has 0 radical (unpaired) electrons. The standard InChI is InChI=1S/C12H21N3OS/c1-8(2)17-7-10-14-11(16-15-10)12(3)6-4-5-9(12)13/h8-9H,4-7,13H2,1-3H3. The van der Waals surface area contributed by atoms with E-state index >= 15 is 0 Å². The van der Waals surface area contributed by atoms with Crippen LogP contribution in [0.25, 0.3) is 0 Å². The fourth-order valence-electron chi connectivity index (χ4n) is 2.24. The monoisotopic (exact) mass is 255 g/mol. The highest BCUT2D eigenvalue weighted by Gasteiger charge is 2.42. The topological polar surface area (TPSA) is 64.9 Å². The summed E-state index contributed by atoms with van der Waals surface area (Å²) in [7, 11) is 0. The Morgan fingerprint density at radius 1 is 1.59 bits per heavy atom. The molecule has 1 aliphatic rings. The normalized spacial score (nSPS) is 29.1. The molecule has 2 rings (SSSR count). The lowest BCUT2D eigenvalue weighted by atomic mass is 9.85. The lowest BCUT2D eigenvalue weighted by Crippen LogP contribution is -2.38. The number of nitrogens with two attached hydrogens (primary N) is 1. The first-order valence-corrected chi connectivity index (χ1v) is 7.27. The second-order valence-electron chi connectivity index (χ2n) is 5.29. The van der Waals surface area contributed by atoms with Crippen molar-refractivity contribution in [2.45, 2.75) is 62.5 Å². The van der Waals surface area contributed by atoms with E-state index in [-0.39, 0.29) is 11.5 Å². The van der Waals surface area contributed by atoms with E-state index in [0.717, 1.165) is 36.7 Å². The first-order valence-electron chi connectivity index (χ1n) is 6.22. The van der Waals surface area contributed by atoms with Crippen molar-refractivity contribution in [3.63, 3.8) is 0 Å². The molecular weight excluding hydrogens is 234 g/mol. The van der Waals surface area contributed by atoms with Crippen LogP contribution in [0.15, 0.2) is 4.52 Å². The quantitative estimate of drug-likeness (QED) is 0.895. The summed E-state index contributed by atoms with van der Waals surface area (Å²) in [6.07, 6.45) is 3.25. The van der Waals surface area contributed by atoms with Crippen LogP contribution in [-0.2, 0) is 11.2 Å². The SMILES string of the molecule is CC(C)SCc1noc(C2(C)CCCC2N)n1. The van der Waals surface area contributed by atoms with E-state index in [2.05, 4.69) is 30.9 Å². The van der Waals surface area contributed by atoms with Gasteiger partial charge < -0.3 is 10.3 Å². The van der Waals surface area contributed by atoms with Gasteiger partial charge in [-0.25, -0.2) is 0 Å². The van der Waals surface area contributed by atoms with E-state index in [1.54, 1.807) is 0 Å². The average molecular weight is 255 g/mol. The maximum absolute atomic E-state index is 6.14. The Bertz CT molecular complexity index is 380. The van der Waals surface area contributed by atoms with Crippen LogP contribution < -0.4 is 5.73 Å². The van der Waals surface area contributed by atoms with Gasteiger partial charge in [-0.15, -0.1) is 0 Å². The molecule has 0 saturated heterocycles. The summed E-state index contributed by atoms with van der Waals surface area (Å²) in [5.74, 6) is 2.33. The van der Waals surface area contributed by atoms with Gasteiger partial charge in [0.25, 0.3) is 0 Å². The number of thioether (sulfide) groups is 1. The van der Waals surface area contributed by atoms with Gasteiger partial charge in [-0.2, -0.15) is 16.7 Å². The summed E-state index contributed by atoms with van der Waals surface area (Å²) >= 11 is 1.82. The smallest absolute Gasteiger partial charge is 0.234 e. The van der Waals surface area contributed by atoms with Gasteiger partial charge in [-0.3, -0.25) is 0 Å². The Morgan fingerprint density at radius 2 is 2.35 bits per heavy atom. The molecule has 1 aromatic heterocycles. The number of aromatic nitrogens is 2. The third-order valence-corrected chi connectivity index (χ3v) is 4.62. The van der Waals surface area contributed by atoms with Gasteiger partial charge in [0.15, 0.2) is 5.82 Å². The van der Waals surface area contributed by atoms with Gasteiger partial charge in [-0.05, 0) is 25.0 Å². The highest BCUT2D eigenvalue weighted by Crippen LogP contribution is 2.39. The van der Waals surface area contributed by atoms with Crippen molar-refractivity contribution in [3.05, 3.63) is 11.7 Å². The van der Waals surface area contributed by atoms with Crippen LogP contribution in [0.1, 0.15) is 51.7 Å². The maximum Gasteiger partial charge on any atom is 0.234 e. The zero-order chi connectivity index (χ0) is 12.5. The molecule has 1 aromatic rings. The summed E-state index contributed by atoms with van der Waals surface area (Å²) in [6, 6.07) is 0.147.